The predicted octanol–water partition coefficient (Wildman–Crippen LogP) is 3.94. The van der Waals surface area contributed by atoms with E-state index < -0.39 is 0 Å². The molecular weight excluding hydrogens is 250 g/mol. The largest absolute Gasteiger partial charge is 0.491 e. The van der Waals surface area contributed by atoms with E-state index in [-0.39, 0.29) is 0 Å². The van der Waals surface area contributed by atoms with Gasteiger partial charge in [-0.15, -0.1) is 0 Å². The maximum Gasteiger partial charge on any atom is 0.124 e. The molecule has 114 valence electrons. The van der Waals surface area contributed by atoms with Crippen molar-refractivity contribution >= 4 is 0 Å². The molecule has 1 aromatic rings. The molecule has 0 fully saturated rings. The van der Waals surface area contributed by atoms with Gasteiger partial charge >= 0.3 is 0 Å². The Labute approximate surface area is 123 Å². The lowest BCUT2D eigenvalue weighted by molar-refractivity contribution is 0.145. The average Bonchev–Trinajstić information content (AvgIpc) is 2.44. The zero-order valence-electron chi connectivity index (χ0n) is 13.3. The van der Waals surface area contributed by atoms with Crippen molar-refractivity contribution < 1.29 is 9.47 Å². The van der Waals surface area contributed by atoms with Gasteiger partial charge in [-0.05, 0) is 12.5 Å². The number of hydrogen-bond donors (Lipinski definition) is 1. The van der Waals surface area contributed by atoms with Gasteiger partial charge in [-0.25, -0.2) is 0 Å². The van der Waals surface area contributed by atoms with Crippen molar-refractivity contribution in [2.45, 2.75) is 52.1 Å². The van der Waals surface area contributed by atoms with Gasteiger partial charge in [0, 0.05) is 24.8 Å². The van der Waals surface area contributed by atoms with Crippen LogP contribution in [0.2, 0.25) is 0 Å². The molecule has 1 unspecified atom stereocenters. The second-order valence-corrected chi connectivity index (χ2v) is 5.40. The molecule has 20 heavy (non-hydrogen) atoms. The minimum Gasteiger partial charge on any atom is -0.491 e. The Morgan fingerprint density at radius 2 is 1.90 bits per heavy atom. The van der Waals surface area contributed by atoms with Crippen molar-refractivity contribution in [2.24, 2.45) is 0 Å². The van der Waals surface area contributed by atoms with Gasteiger partial charge in [-0.2, -0.15) is 0 Å². The van der Waals surface area contributed by atoms with Crippen LogP contribution in [0.3, 0.4) is 0 Å². The molecule has 1 aromatic carbocycles. The summed E-state index contributed by atoms with van der Waals surface area (Å²) in [5, 5.41) is 3.65. The van der Waals surface area contributed by atoms with E-state index in [2.05, 4.69) is 38.2 Å². The quantitative estimate of drug-likeness (QED) is 0.658. The highest BCUT2D eigenvalue weighted by Crippen LogP contribution is 2.29. The van der Waals surface area contributed by atoms with Crippen LogP contribution in [0.15, 0.2) is 24.3 Å². The first-order chi connectivity index (χ1) is 9.69. The Bertz CT molecular complexity index is 366. The Balaban J connectivity index is 2.81. The van der Waals surface area contributed by atoms with Crippen molar-refractivity contribution in [3.05, 3.63) is 29.8 Å². The normalized spacial score (nSPS) is 12.7. The van der Waals surface area contributed by atoms with Crippen molar-refractivity contribution in [1.82, 2.24) is 5.32 Å². The van der Waals surface area contributed by atoms with Gasteiger partial charge in [-0.3, -0.25) is 0 Å². The number of benzene rings is 1. The predicted molar refractivity (Wildman–Crippen MR) is 84.4 cm³/mol. The van der Waals surface area contributed by atoms with Gasteiger partial charge in [0.15, 0.2) is 0 Å². The molecule has 0 amide bonds. The monoisotopic (exact) mass is 279 g/mol. The van der Waals surface area contributed by atoms with Gasteiger partial charge in [0.1, 0.15) is 12.4 Å². The number of nitrogens with one attached hydrogen (secondary N) is 1. The van der Waals surface area contributed by atoms with E-state index in [1.165, 1.54) is 18.4 Å². The number of methoxy groups -OCH3 is 1. The maximum atomic E-state index is 5.86. The minimum atomic E-state index is 0.355. The van der Waals surface area contributed by atoms with Crippen LogP contribution in [0.1, 0.15) is 51.6 Å². The molecule has 0 saturated heterocycles. The Morgan fingerprint density at radius 3 is 2.55 bits per heavy atom. The number of hydrogen-bond acceptors (Lipinski definition) is 3. The standard InChI is InChI=1S/C17H29NO2/c1-5-6-10-16(18-14(2)3)15-9-7-8-11-17(15)20-13-12-19-4/h7-9,11,14,16,18H,5-6,10,12-13H2,1-4H3. The van der Waals surface area contributed by atoms with Crippen LogP contribution in [-0.2, 0) is 4.74 Å². The molecule has 0 aromatic heterocycles. The number of ether oxygens (including phenoxy) is 2. The van der Waals surface area contributed by atoms with Crippen LogP contribution in [0.4, 0.5) is 0 Å². The Hall–Kier alpha value is -1.06. The van der Waals surface area contributed by atoms with E-state index in [4.69, 9.17) is 9.47 Å². The lowest BCUT2D eigenvalue weighted by Gasteiger charge is -2.24. The first-order valence-corrected chi connectivity index (χ1v) is 7.65. The minimum absolute atomic E-state index is 0.355. The molecule has 0 bridgehead atoms. The van der Waals surface area contributed by atoms with E-state index in [0.29, 0.717) is 25.3 Å². The van der Waals surface area contributed by atoms with Crippen molar-refractivity contribution in [3.63, 3.8) is 0 Å². The van der Waals surface area contributed by atoms with Crippen LogP contribution in [-0.4, -0.2) is 26.4 Å². The van der Waals surface area contributed by atoms with Crippen molar-refractivity contribution in [3.8, 4) is 5.75 Å². The lowest BCUT2D eigenvalue weighted by atomic mass is 9.99. The van der Waals surface area contributed by atoms with E-state index in [0.717, 1.165) is 12.2 Å². The molecule has 3 heteroatoms. The van der Waals surface area contributed by atoms with E-state index in [1.54, 1.807) is 7.11 Å². The van der Waals surface area contributed by atoms with E-state index >= 15 is 0 Å². The molecule has 1 N–H and O–H groups in total. The fourth-order valence-electron chi connectivity index (χ4n) is 2.27. The lowest BCUT2D eigenvalue weighted by Crippen LogP contribution is -2.28. The van der Waals surface area contributed by atoms with Gasteiger partial charge in [0.25, 0.3) is 0 Å². The molecule has 0 radical (unpaired) electrons. The first-order valence-electron chi connectivity index (χ1n) is 7.65. The van der Waals surface area contributed by atoms with Crippen LogP contribution in [0.5, 0.6) is 5.75 Å². The number of unbranched alkanes of at least 4 members (excludes halogenated alkanes) is 1. The van der Waals surface area contributed by atoms with Crippen LogP contribution in [0, 0.1) is 0 Å². The van der Waals surface area contributed by atoms with Crippen molar-refractivity contribution in [2.75, 3.05) is 20.3 Å². The fourth-order valence-corrected chi connectivity index (χ4v) is 2.27. The van der Waals surface area contributed by atoms with Gasteiger partial charge in [-0.1, -0.05) is 51.8 Å². The Kier molecular flexibility index (Phi) is 8.31. The summed E-state index contributed by atoms with van der Waals surface area (Å²) >= 11 is 0. The third-order valence-corrected chi connectivity index (χ3v) is 3.22. The Morgan fingerprint density at radius 1 is 1.15 bits per heavy atom. The van der Waals surface area contributed by atoms with Crippen LogP contribution < -0.4 is 10.1 Å². The van der Waals surface area contributed by atoms with E-state index in [9.17, 15) is 0 Å². The summed E-state index contributed by atoms with van der Waals surface area (Å²) in [6.45, 7) is 7.81. The van der Waals surface area contributed by atoms with Crippen molar-refractivity contribution in [1.29, 1.82) is 0 Å². The van der Waals surface area contributed by atoms with Gasteiger partial charge < -0.3 is 14.8 Å². The third-order valence-electron chi connectivity index (χ3n) is 3.22. The highest BCUT2D eigenvalue weighted by atomic mass is 16.5. The maximum absolute atomic E-state index is 5.86. The third kappa shape index (κ3) is 5.93. The molecule has 0 aliphatic heterocycles. The number of para-hydroxylation sites is 1. The van der Waals surface area contributed by atoms with Gasteiger partial charge in [0.05, 0.1) is 6.61 Å². The smallest absolute Gasteiger partial charge is 0.124 e. The first kappa shape index (κ1) is 17.0. The summed E-state index contributed by atoms with van der Waals surface area (Å²) in [5.74, 6) is 0.971. The SMILES string of the molecule is CCCCC(NC(C)C)c1ccccc1OCCOC. The molecule has 3 nitrogen and oxygen atoms in total. The molecule has 0 heterocycles. The van der Waals surface area contributed by atoms with Gasteiger partial charge in [0.2, 0.25) is 0 Å². The zero-order valence-corrected chi connectivity index (χ0v) is 13.3. The number of rotatable bonds is 10. The molecule has 0 aliphatic carbocycles. The van der Waals surface area contributed by atoms with Crippen LogP contribution >= 0.6 is 0 Å². The fraction of sp³-hybridized carbons (Fsp3) is 0.647. The van der Waals surface area contributed by atoms with E-state index in [1.807, 2.05) is 12.1 Å². The highest BCUT2D eigenvalue weighted by molar-refractivity contribution is 5.36. The summed E-state index contributed by atoms with van der Waals surface area (Å²) in [7, 11) is 1.69. The molecule has 0 spiro atoms. The molecular formula is C17H29NO2. The average molecular weight is 279 g/mol. The second kappa shape index (κ2) is 9.78. The topological polar surface area (TPSA) is 30.5 Å². The van der Waals surface area contributed by atoms with Crippen LogP contribution in [0.25, 0.3) is 0 Å². The molecule has 0 saturated carbocycles. The molecule has 0 aliphatic rings. The summed E-state index contributed by atoms with van der Waals surface area (Å²) in [5.41, 5.74) is 1.26. The highest BCUT2D eigenvalue weighted by Gasteiger charge is 2.16. The summed E-state index contributed by atoms with van der Waals surface area (Å²) in [6.07, 6.45) is 3.57. The second-order valence-electron chi connectivity index (χ2n) is 5.40. The summed E-state index contributed by atoms with van der Waals surface area (Å²) in [4.78, 5) is 0. The molecule has 1 atom stereocenters. The summed E-state index contributed by atoms with van der Waals surface area (Å²) in [6, 6.07) is 9.14. The molecule has 1 rings (SSSR count). The summed E-state index contributed by atoms with van der Waals surface area (Å²) < 4.78 is 10.9. The zero-order chi connectivity index (χ0) is 14.8.